The zero-order chi connectivity index (χ0) is 10.4. The third-order valence-corrected chi connectivity index (χ3v) is 2.46. The summed E-state index contributed by atoms with van der Waals surface area (Å²) < 4.78 is 4.61. The van der Waals surface area contributed by atoms with E-state index in [9.17, 15) is 9.59 Å². The molecule has 3 nitrogen and oxygen atoms in total. The van der Waals surface area contributed by atoms with Crippen LogP contribution >= 0.6 is 0 Å². The summed E-state index contributed by atoms with van der Waals surface area (Å²) in [5, 5.41) is 0. The van der Waals surface area contributed by atoms with Crippen LogP contribution in [0.3, 0.4) is 0 Å². The molecule has 0 amide bonds. The smallest absolute Gasteiger partial charge is 0.316 e. The minimum Gasteiger partial charge on any atom is -0.468 e. The van der Waals surface area contributed by atoms with Crippen LogP contribution in [0.2, 0.25) is 0 Å². The Hall–Kier alpha value is -1.12. The van der Waals surface area contributed by atoms with Crippen LogP contribution in [0.4, 0.5) is 0 Å². The average molecular weight is 196 g/mol. The lowest BCUT2D eigenvalue weighted by atomic mass is 9.96. The summed E-state index contributed by atoms with van der Waals surface area (Å²) in [4.78, 5) is 22.9. The summed E-state index contributed by atoms with van der Waals surface area (Å²) in [6, 6.07) is 0. The molecule has 1 rings (SSSR count). The van der Waals surface area contributed by atoms with Gasteiger partial charge >= 0.3 is 5.97 Å². The Morgan fingerprint density at radius 2 is 2.14 bits per heavy atom. The molecule has 0 heterocycles. The van der Waals surface area contributed by atoms with E-state index in [0.29, 0.717) is 12.8 Å². The van der Waals surface area contributed by atoms with Gasteiger partial charge in [0.1, 0.15) is 11.7 Å². The molecule has 78 valence electrons. The molecule has 0 aliphatic heterocycles. The minimum absolute atomic E-state index is 0.0283. The van der Waals surface area contributed by atoms with Crippen molar-refractivity contribution in [1.82, 2.24) is 0 Å². The number of rotatable bonds is 1. The number of carbonyl (C=O) groups is 2. The van der Waals surface area contributed by atoms with E-state index >= 15 is 0 Å². The first-order valence-corrected chi connectivity index (χ1v) is 5.01. The summed E-state index contributed by atoms with van der Waals surface area (Å²) in [6.45, 7) is 0. The number of hydrogen-bond donors (Lipinski definition) is 0. The topological polar surface area (TPSA) is 43.4 Å². The normalized spacial score (nSPS) is 25.8. The lowest BCUT2D eigenvalue weighted by Crippen LogP contribution is -2.24. The molecule has 0 spiro atoms. The summed E-state index contributed by atoms with van der Waals surface area (Å²) in [5.74, 6) is -0.895. The molecule has 1 unspecified atom stereocenters. The fourth-order valence-electron chi connectivity index (χ4n) is 1.62. The number of ketones is 1. The number of carbonyl (C=O) groups excluding carboxylic acids is 2. The molecule has 0 aromatic heterocycles. The van der Waals surface area contributed by atoms with E-state index in [1.54, 1.807) is 0 Å². The maximum absolute atomic E-state index is 11.6. The number of hydrogen-bond acceptors (Lipinski definition) is 3. The monoisotopic (exact) mass is 196 g/mol. The van der Waals surface area contributed by atoms with Gasteiger partial charge in [-0.25, -0.2) is 0 Å². The molecule has 0 aromatic rings. The second-order valence-corrected chi connectivity index (χ2v) is 3.48. The summed E-state index contributed by atoms with van der Waals surface area (Å²) in [5.41, 5.74) is 0. The highest BCUT2D eigenvalue weighted by molar-refractivity contribution is 5.98. The predicted molar refractivity (Wildman–Crippen MR) is 52.7 cm³/mol. The van der Waals surface area contributed by atoms with Crippen LogP contribution in [0.5, 0.6) is 0 Å². The molecule has 14 heavy (non-hydrogen) atoms. The number of esters is 1. The van der Waals surface area contributed by atoms with Crippen molar-refractivity contribution in [2.45, 2.75) is 32.1 Å². The molecule has 0 fully saturated rings. The van der Waals surface area contributed by atoms with Crippen molar-refractivity contribution in [2.24, 2.45) is 5.92 Å². The summed E-state index contributed by atoms with van der Waals surface area (Å²) >= 11 is 0. The largest absolute Gasteiger partial charge is 0.468 e. The van der Waals surface area contributed by atoms with Crippen LogP contribution in [0.15, 0.2) is 12.2 Å². The molecule has 0 saturated carbocycles. The van der Waals surface area contributed by atoms with Crippen molar-refractivity contribution in [3.05, 3.63) is 12.2 Å². The van der Waals surface area contributed by atoms with Gasteiger partial charge in [-0.2, -0.15) is 0 Å². The molecule has 0 radical (unpaired) electrons. The van der Waals surface area contributed by atoms with Crippen molar-refractivity contribution in [3.8, 4) is 0 Å². The fourth-order valence-corrected chi connectivity index (χ4v) is 1.62. The Labute approximate surface area is 84.1 Å². The molecule has 1 atom stereocenters. The lowest BCUT2D eigenvalue weighted by Gasteiger charge is -2.11. The van der Waals surface area contributed by atoms with Crippen molar-refractivity contribution >= 4 is 11.8 Å². The lowest BCUT2D eigenvalue weighted by molar-refractivity contribution is -0.149. The second-order valence-electron chi connectivity index (χ2n) is 3.48. The van der Waals surface area contributed by atoms with Crippen LogP contribution < -0.4 is 0 Å². The van der Waals surface area contributed by atoms with Gasteiger partial charge in [-0.05, 0) is 25.7 Å². The van der Waals surface area contributed by atoms with Gasteiger partial charge < -0.3 is 4.74 Å². The van der Waals surface area contributed by atoms with Crippen molar-refractivity contribution < 1.29 is 14.3 Å². The molecule has 0 N–H and O–H groups in total. The van der Waals surface area contributed by atoms with E-state index < -0.39 is 5.92 Å². The molecule has 3 heteroatoms. The zero-order valence-corrected chi connectivity index (χ0v) is 8.49. The number of allylic oxidation sites excluding steroid dienone is 2. The van der Waals surface area contributed by atoms with E-state index in [1.807, 2.05) is 6.08 Å². The van der Waals surface area contributed by atoms with Crippen LogP contribution in [-0.2, 0) is 14.3 Å². The van der Waals surface area contributed by atoms with Crippen molar-refractivity contribution in [3.63, 3.8) is 0 Å². The van der Waals surface area contributed by atoms with Gasteiger partial charge in [0.2, 0.25) is 0 Å². The quantitative estimate of drug-likeness (QED) is 0.365. The van der Waals surface area contributed by atoms with E-state index in [-0.39, 0.29) is 11.8 Å². The summed E-state index contributed by atoms with van der Waals surface area (Å²) in [7, 11) is 1.33. The first-order chi connectivity index (χ1) is 6.75. The van der Waals surface area contributed by atoms with Crippen LogP contribution in [0, 0.1) is 5.92 Å². The Kier molecular flexibility index (Phi) is 4.36. The van der Waals surface area contributed by atoms with E-state index in [1.165, 1.54) is 7.11 Å². The average Bonchev–Trinajstić information content (AvgIpc) is 2.29. The van der Waals surface area contributed by atoms with Crippen LogP contribution in [-0.4, -0.2) is 18.9 Å². The Bertz CT molecular complexity index is 243. The van der Waals surface area contributed by atoms with Gasteiger partial charge in [-0.3, -0.25) is 9.59 Å². The SMILES string of the molecule is COC(=O)C1CC/C=C\CCCC1=O. The summed E-state index contributed by atoms with van der Waals surface area (Å²) in [6.07, 6.45) is 7.74. The Balaban J connectivity index is 2.63. The van der Waals surface area contributed by atoms with Crippen molar-refractivity contribution in [1.29, 1.82) is 0 Å². The van der Waals surface area contributed by atoms with Crippen LogP contribution in [0.25, 0.3) is 0 Å². The molecular formula is C11H16O3. The van der Waals surface area contributed by atoms with Gasteiger partial charge in [0.15, 0.2) is 0 Å². The molecule has 0 bridgehead atoms. The fraction of sp³-hybridized carbons (Fsp3) is 0.636. The highest BCUT2D eigenvalue weighted by Gasteiger charge is 2.26. The number of ether oxygens (including phenoxy) is 1. The molecule has 1 aliphatic carbocycles. The second kappa shape index (κ2) is 5.58. The predicted octanol–water partition coefficient (Wildman–Crippen LogP) is 1.86. The standard InChI is InChI=1S/C11H16O3/c1-14-11(13)9-7-5-3-2-4-6-8-10(9)12/h2-3,9H,4-8H2,1H3/b3-2-. The molecule has 0 aromatic carbocycles. The highest BCUT2D eigenvalue weighted by Crippen LogP contribution is 2.16. The van der Waals surface area contributed by atoms with Crippen molar-refractivity contribution in [2.75, 3.05) is 7.11 Å². The van der Waals surface area contributed by atoms with E-state index in [2.05, 4.69) is 10.8 Å². The zero-order valence-electron chi connectivity index (χ0n) is 8.49. The number of Topliss-reactive ketones (excluding diaryl/α,β-unsaturated/α-hetero) is 1. The molecule has 1 aliphatic rings. The van der Waals surface area contributed by atoms with E-state index in [0.717, 1.165) is 19.3 Å². The van der Waals surface area contributed by atoms with Gasteiger partial charge in [-0.1, -0.05) is 12.2 Å². The first-order valence-electron chi connectivity index (χ1n) is 5.01. The minimum atomic E-state index is -0.539. The van der Waals surface area contributed by atoms with Gasteiger partial charge in [-0.15, -0.1) is 0 Å². The highest BCUT2D eigenvalue weighted by atomic mass is 16.5. The Morgan fingerprint density at radius 1 is 1.43 bits per heavy atom. The Morgan fingerprint density at radius 3 is 2.86 bits per heavy atom. The molecule has 0 saturated heterocycles. The van der Waals surface area contributed by atoms with Gasteiger partial charge in [0.05, 0.1) is 7.11 Å². The molecular weight excluding hydrogens is 180 g/mol. The van der Waals surface area contributed by atoms with E-state index in [4.69, 9.17) is 0 Å². The third kappa shape index (κ3) is 2.98. The third-order valence-electron chi connectivity index (χ3n) is 2.46. The maximum atomic E-state index is 11.6. The number of methoxy groups -OCH3 is 1. The first kappa shape index (κ1) is 11.0. The van der Waals surface area contributed by atoms with Gasteiger partial charge in [0.25, 0.3) is 0 Å². The van der Waals surface area contributed by atoms with Gasteiger partial charge in [0, 0.05) is 6.42 Å². The van der Waals surface area contributed by atoms with Crippen LogP contribution in [0.1, 0.15) is 32.1 Å². The maximum Gasteiger partial charge on any atom is 0.316 e.